The molecule has 170 valence electrons. The third-order valence-corrected chi connectivity index (χ3v) is 6.69. The van der Waals surface area contributed by atoms with E-state index in [0.717, 1.165) is 56.5 Å². The van der Waals surface area contributed by atoms with Crippen molar-refractivity contribution in [2.24, 2.45) is 0 Å². The highest BCUT2D eigenvalue weighted by molar-refractivity contribution is 7.98. The molecule has 1 aliphatic rings. The van der Waals surface area contributed by atoms with E-state index in [4.69, 9.17) is 14.5 Å². The minimum atomic E-state index is 0.259. The van der Waals surface area contributed by atoms with E-state index in [1.807, 2.05) is 60.0 Å². The van der Waals surface area contributed by atoms with E-state index >= 15 is 0 Å². The molecular weight excluding hydrogens is 448 g/mol. The van der Waals surface area contributed by atoms with Crippen molar-refractivity contribution in [3.05, 3.63) is 83.4 Å². The molecule has 8 nitrogen and oxygen atoms in total. The maximum Gasteiger partial charge on any atom is 0.234 e. The van der Waals surface area contributed by atoms with Crippen molar-refractivity contribution < 1.29 is 9.47 Å². The molecule has 0 saturated heterocycles. The van der Waals surface area contributed by atoms with Crippen molar-refractivity contribution in [2.75, 3.05) is 6.79 Å². The summed E-state index contributed by atoms with van der Waals surface area (Å²) < 4.78 is 15.2. The molecule has 0 bridgehead atoms. The molecule has 0 unspecified atom stereocenters. The number of hydrogen-bond donors (Lipinski definition) is 0. The first-order chi connectivity index (χ1) is 16.6. The zero-order valence-corrected chi connectivity index (χ0v) is 19.6. The number of rotatable bonds is 6. The van der Waals surface area contributed by atoms with Crippen LogP contribution in [-0.2, 0) is 12.3 Å². The Morgan fingerprint density at radius 3 is 2.68 bits per heavy atom. The summed E-state index contributed by atoms with van der Waals surface area (Å²) in [6, 6.07) is 18.2. The van der Waals surface area contributed by atoms with Gasteiger partial charge in [-0.3, -0.25) is 8.97 Å². The summed E-state index contributed by atoms with van der Waals surface area (Å²) in [6.45, 7) is 4.92. The van der Waals surface area contributed by atoms with Gasteiger partial charge < -0.3 is 9.47 Å². The van der Waals surface area contributed by atoms with Crippen LogP contribution in [-0.4, -0.2) is 35.9 Å². The van der Waals surface area contributed by atoms with Crippen molar-refractivity contribution in [1.29, 1.82) is 0 Å². The number of nitrogens with zero attached hydrogens (tertiary/aromatic N) is 6. The number of benzene rings is 2. The van der Waals surface area contributed by atoms with E-state index in [1.54, 1.807) is 11.8 Å². The molecule has 1 aliphatic heterocycles. The second kappa shape index (κ2) is 8.49. The second-order valence-electron chi connectivity index (χ2n) is 8.18. The molecule has 0 N–H and O–H groups in total. The average molecular weight is 471 g/mol. The third kappa shape index (κ3) is 3.88. The van der Waals surface area contributed by atoms with Crippen molar-refractivity contribution >= 4 is 17.5 Å². The number of aromatic nitrogens is 6. The Kier molecular flexibility index (Phi) is 5.18. The quantitative estimate of drug-likeness (QED) is 0.334. The molecule has 0 aliphatic carbocycles. The summed E-state index contributed by atoms with van der Waals surface area (Å²) in [7, 11) is 0. The Labute approximate surface area is 200 Å². The molecule has 0 fully saturated rings. The van der Waals surface area contributed by atoms with E-state index in [-0.39, 0.29) is 6.79 Å². The smallest absolute Gasteiger partial charge is 0.234 e. The zero-order valence-electron chi connectivity index (χ0n) is 18.8. The van der Waals surface area contributed by atoms with Gasteiger partial charge in [0.15, 0.2) is 22.5 Å². The van der Waals surface area contributed by atoms with Gasteiger partial charge in [0.05, 0.1) is 12.2 Å². The van der Waals surface area contributed by atoms with Crippen LogP contribution in [0.2, 0.25) is 0 Å². The highest BCUT2D eigenvalue weighted by Gasteiger charge is 2.18. The standard InChI is InChI=1S/C25H22N6O2S/c1-16-10-17(2)30-13-20(27-24(30)26-16)14-34-25-29-28-23(19-6-4-3-5-7-19)31(25)12-18-8-9-21-22(11-18)33-15-32-21/h3-11,13H,12,14-15H2,1-2H3. The normalized spacial score (nSPS) is 12.5. The monoisotopic (exact) mass is 470 g/mol. The minimum Gasteiger partial charge on any atom is -0.454 e. The van der Waals surface area contributed by atoms with Crippen molar-refractivity contribution in [2.45, 2.75) is 31.3 Å². The topological polar surface area (TPSA) is 79.4 Å². The maximum absolute atomic E-state index is 5.57. The lowest BCUT2D eigenvalue weighted by molar-refractivity contribution is 0.174. The number of hydrogen-bond acceptors (Lipinski definition) is 7. The molecule has 34 heavy (non-hydrogen) atoms. The lowest BCUT2D eigenvalue weighted by Gasteiger charge is -2.11. The maximum atomic E-state index is 5.57. The summed E-state index contributed by atoms with van der Waals surface area (Å²) in [5.74, 6) is 3.75. The van der Waals surface area contributed by atoms with Gasteiger partial charge >= 0.3 is 0 Å². The summed E-state index contributed by atoms with van der Waals surface area (Å²) in [5.41, 5.74) is 5.14. The Balaban J connectivity index is 1.32. The van der Waals surface area contributed by atoms with E-state index in [1.165, 1.54) is 0 Å². The number of fused-ring (bicyclic) bond motifs is 2. The van der Waals surface area contributed by atoms with Gasteiger partial charge in [-0.2, -0.15) is 0 Å². The predicted molar refractivity (Wildman–Crippen MR) is 129 cm³/mol. The summed E-state index contributed by atoms with van der Waals surface area (Å²) >= 11 is 1.62. The van der Waals surface area contributed by atoms with Gasteiger partial charge in [-0.25, -0.2) is 9.97 Å². The molecule has 6 rings (SSSR count). The van der Waals surface area contributed by atoms with Crippen LogP contribution in [0.1, 0.15) is 22.6 Å². The number of aryl methyl sites for hydroxylation is 2. The molecule has 0 atom stereocenters. The Hall–Kier alpha value is -3.85. The van der Waals surface area contributed by atoms with E-state index in [9.17, 15) is 0 Å². The number of ether oxygens (including phenoxy) is 2. The molecule has 0 amide bonds. The van der Waals surface area contributed by atoms with Crippen LogP contribution < -0.4 is 9.47 Å². The first-order valence-electron chi connectivity index (χ1n) is 11.0. The molecule has 0 radical (unpaired) electrons. The van der Waals surface area contributed by atoms with Crippen LogP contribution in [0.5, 0.6) is 11.5 Å². The first kappa shape index (κ1) is 20.7. The van der Waals surface area contributed by atoms with Crippen LogP contribution in [0.4, 0.5) is 0 Å². The van der Waals surface area contributed by atoms with Crippen LogP contribution in [0.25, 0.3) is 17.2 Å². The minimum absolute atomic E-state index is 0.259. The number of thioether (sulfide) groups is 1. The summed E-state index contributed by atoms with van der Waals surface area (Å²) in [5, 5.41) is 9.89. The first-order valence-corrected chi connectivity index (χ1v) is 11.9. The number of imidazole rings is 1. The molecule has 0 saturated carbocycles. The fourth-order valence-electron chi connectivity index (χ4n) is 4.09. The van der Waals surface area contributed by atoms with Crippen molar-refractivity contribution in [1.82, 2.24) is 29.1 Å². The van der Waals surface area contributed by atoms with Gasteiger partial charge in [-0.15, -0.1) is 10.2 Å². The third-order valence-electron chi connectivity index (χ3n) is 5.69. The van der Waals surface area contributed by atoms with Crippen molar-refractivity contribution in [3.63, 3.8) is 0 Å². The molecule has 5 aromatic rings. The Morgan fingerprint density at radius 2 is 1.79 bits per heavy atom. The van der Waals surface area contributed by atoms with Crippen LogP contribution in [0, 0.1) is 13.8 Å². The van der Waals surface area contributed by atoms with Gasteiger partial charge in [0.25, 0.3) is 0 Å². The lowest BCUT2D eigenvalue weighted by Crippen LogP contribution is -2.04. The summed E-state index contributed by atoms with van der Waals surface area (Å²) in [4.78, 5) is 9.26. The van der Waals surface area contributed by atoms with Crippen LogP contribution in [0.3, 0.4) is 0 Å². The molecular formula is C25H22N6O2S. The average Bonchev–Trinajstić information content (AvgIpc) is 3.56. The predicted octanol–water partition coefficient (Wildman–Crippen LogP) is 4.67. The Morgan fingerprint density at radius 1 is 0.941 bits per heavy atom. The zero-order chi connectivity index (χ0) is 23.1. The molecule has 3 aromatic heterocycles. The Bertz CT molecular complexity index is 1490. The molecule has 9 heteroatoms. The van der Waals surface area contributed by atoms with E-state index in [0.29, 0.717) is 12.3 Å². The van der Waals surface area contributed by atoms with Gasteiger partial charge in [0, 0.05) is 28.9 Å². The molecule has 0 spiro atoms. The van der Waals surface area contributed by atoms with Gasteiger partial charge in [-0.05, 0) is 37.6 Å². The highest BCUT2D eigenvalue weighted by atomic mass is 32.2. The van der Waals surface area contributed by atoms with E-state index < -0.39 is 0 Å². The molecule has 2 aromatic carbocycles. The van der Waals surface area contributed by atoms with Crippen LogP contribution in [0.15, 0.2) is 66.0 Å². The molecule has 4 heterocycles. The fraction of sp³-hybridized carbons (Fsp3) is 0.200. The largest absolute Gasteiger partial charge is 0.454 e. The van der Waals surface area contributed by atoms with Gasteiger partial charge in [0.1, 0.15) is 0 Å². The SMILES string of the molecule is Cc1cc(C)n2cc(CSc3nnc(-c4ccccc4)n3Cc3ccc4c(c3)OCO4)nc2n1. The fourth-order valence-corrected chi connectivity index (χ4v) is 4.91. The van der Waals surface area contributed by atoms with E-state index in [2.05, 4.69) is 38.8 Å². The second-order valence-corrected chi connectivity index (χ2v) is 9.12. The lowest BCUT2D eigenvalue weighted by atomic mass is 10.2. The highest BCUT2D eigenvalue weighted by Crippen LogP contribution is 2.34. The summed E-state index contributed by atoms with van der Waals surface area (Å²) in [6.07, 6.45) is 2.04. The van der Waals surface area contributed by atoms with Gasteiger partial charge in [0.2, 0.25) is 12.6 Å². The van der Waals surface area contributed by atoms with Crippen LogP contribution >= 0.6 is 11.8 Å². The van der Waals surface area contributed by atoms with Crippen molar-refractivity contribution in [3.8, 4) is 22.9 Å². The van der Waals surface area contributed by atoms with Gasteiger partial charge in [-0.1, -0.05) is 48.2 Å².